The van der Waals surface area contributed by atoms with Gasteiger partial charge in [-0.1, -0.05) is 11.6 Å². The maximum Gasteiger partial charge on any atom is 0.0860 e. The van der Waals surface area contributed by atoms with Gasteiger partial charge in [0.05, 0.1) is 22.5 Å². The number of nitriles is 1. The van der Waals surface area contributed by atoms with E-state index in [4.69, 9.17) is 16.9 Å². The molecule has 0 N–H and O–H groups in total. The van der Waals surface area contributed by atoms with E-state index in [1.165, 1.54) is 0 Å². The van der Waals surface area contributed by atoms with E-state index in [2.05, 4.69) is 29.9 Å². The third-order valence-corrected chi connectivity index (χ3v) is 3.35. The topological polar surface area (TPSA) is 44.9 Å². The monoisotopic (exact) mass is 254 g/mol. The lowest BCUT2D eigenvalue weighted by Gasteiger charge is -2.25. The third kappa shape index (κ3) is 3.45. The van der Waals surface area contributed by atoms with Gasteiger partial charge in [-0.25, -0.2) is 0 Å². The lowest BCUT2D eigenvalue weighted by molar-refractivity contribution is 0.212. The highest BCUT2D eigenvalue weighted by atomic mass is 35.5. The molecule has 0 amide bonds. The van der Waals surface area contributed by atoms with E-state index < -0.39 is 0 Å². The molecule has 0 saturated carbocycles. The van der Waals surface area contributed by atoms with E-state index in [9.17, 15) is 0 Å². The molecule has 17 heavy (non-hydrogen) atoms. The second kappa shape index (κ2) is 6.04. The fourth-order valence-corrected chi connectivity index (χ4v) is 1.98. The molecule has 0 aliphatic rings. The molecule has 0 aliphatic carbocycles. The first kappa shape index (κ1) is 14.0. The summed E-state index contributed by atoms with van der Waals surface area (Å²) in [5, 5.41) is 13.7. The van der Waals surface area contributed by atoms with Gasteiger partial charge < -0.3 is 0 Å². The van der Waals surface area contributed by atoms with Crippen molar-refractivity contribution in [2.45, 2.75) is 39.8 Å². The molecule has 0 spiro atoms. The SMILES string of the molecule is Cc1nn(C)c(CN(CCC#N)C(C)C)c1Cl. The van der Waals surface area contributed by atoms with E-state index in [-0.39, 0.29) is 0 Å². The zero-order valence-corrected chi connectivity index (χ0v) is 11.6. The smallest absolute Gasteiger partial charge is 0.0860 e. The average Bonchev–Trinajstić information content (AvgIpc) is 2.49. The van der Waals surface area contributed by atoms with Crippen molar-refractivity contribution >= 4 is 11.6 Å². The van der Waals surface area contributed by atoms with Crippen LogP contribution in [0.3, 0.4) is 0 Å². The first-order chi connectivity index (χ1) is 7.97. The van der Waals surface area contributed by atoms with Crippen LogP contribution in [0.4, 0.5) is 0 Å². The number of hydrogen-bond acceptors (Lipinski definition) is 3. The van der Waals surface area contributed by atoms with E-state index in [0.717, 1.165) is 29.5 Å². The van der Waals surface area contributed by atoms with Crippen LogP contribution in [0.5, 0.6) is 0 Å². The molecule has 5 heteroatoms. The summed E-state index contributed by atoms with van der Waals surface area (Å²) >= 11 is 6.22. The summed E-state index contributed by atoms with van der Waals surface area (Å²) in [6.07, 6.45) is 0.534. The maximum absolute atomic E-state index is 8.66. The first-order valence-corrected chi connectivity index (χ1v) is 6.14. The Bertz CT molecular complexity index is 417. The molecule has 1 aromatic rings. The number of aryl methyl sites for hydroxylation is 2. The normalized spacial score (nSPS) is 11.2. The summed E-state index contributed by atoms with van der Waals surface area (Å²) in [6.45, 7) is 7.63. The number of nitrogens with zero attached hydrogens (tertiary/aromatic N) is 4. The molecule has 1 rings (SSSR count). The van der Waals surface area contributed by atoms with Crippen molar-refractivity contribution in [3.63, 3.8) is 0 Å². The molecule has 1 heterocycles. The minimum absolute atomic E-state index is 0.384. The van der Waals surface area contributed by atoms with E-state index in [0.29, 0.717) is 12.5 Å². The molecular weight excluding hydrogens is 236 g/mol. The predicted octanol–water partition coefficient (Wildman–Crippen LogP) is 2.51. The summed E-state index contributed by atoms with van der Waals surface area (Å²) in [5.74, 6) is 0. The quantitative estimate of drug-likeness (QED) is 0.811. The van der Waals surface area contributed by atoms with Crippen LogP contribution >= 0.6 is 11.6 Å². The van der Waals surface area contributed by atoms with Crippen LogP contribution in [0.2, 0.25) is 5.02 Å². The van der Waals surface area contributed by atoms with Crippen molar-refractivity contribution in [3.05, 3.63) is 16.4 Å². The molecule has 4 nitrogen and oxygen atoms in total. The zero-order chi connectivity index (χ0) is 13.0. The second-order valence-corrected chi connectivity index (χ2v) is 4.82. The molecule has 94 valence electrons. The van der Waals surface area contributed by atoms with Crippen LogP contribution in [0.1, 0.15) is 31.7 Å². The summed E-state index contributed by atoms with van der Waals surface area (Å²) in [4.78, 5) is 2.23. The maximum atomic E-state index is 8.66. The fraction of sp³-hybridized carbons (Fsp3) is 0.667. The van der Waals surface area contributed by atoms with Crippen molar-refractivity contribution in [2.75, 3.05) is 6.54 Å². The van der Waals surface area contributed by atoms with Crippen LogP contribution < -0.4 is 0 Å². The molecule has 0 unspecified atom stereocenters. The van der Waals surface area contributed by atoms with Gasteiger partial charge >= 0.3 is 0 Å². The first-order valence-electron chi connectivity index (χ1n) is 5.76. The van der Waals surface area contributed by atoms with E-state index in [1.54, 1.807) is 0 Å². The Morgan fingerprint density at radius 3 is 2.59 bits per heavy atom. The van der Waals surface area contributed by atoms with Gasteiger partial charge in [-0.3, -0.25) is 9.58 Å². The highest BCUT2D eigenvalue weighted by Crippen LogP contribution is 2.21. The van der Waals surface area contributed by atoms with Crippen molar-refractivity contribution in [3.8, 4) is 6.07 Å². The molecule has 0 fully saturated rings. The minimum Gasteiger partial charge on any atom is -0.294 e. The van der Waals surface area contributed by atoms with Gasteiger partial charge in [-0.05, 0) is 20.8 Å². The van der Waals surface area contributed by atoms with Gasteiger partial charge in [0.2, 0.25) is 0 Å². The van der Waals surface area contributed by atoms with Gasteiger partial charge in [-0.2, -0.15) is 10.4 Å². The summed E-state index contributed by atoms with van der Waals surface area (Å²) in [5.41, 5.74) is 1.86. The van der Waals surface area contributed by atoms with Crippen LogP contribution in [0.25, 0.3) is 0 Å². The molecule has 0 radical (unpaired) electrons. The Morgan fingerprint density at radius 1 is 1.53 bits per heavy atom. The van der Waals surface area contributed by atoms with Crippen molar-refractivity contribution < 1.29 is 0 Å². The highest BCUT2D eigenvalue weighted by Gasteiger charge is 2.16. The van der Waals surface area contributed by atoms with E-state index in [1.807, 2.05) is 18.7 Å². The lowest BCUT2D eigenvalue weighted by Crippen LogP contribution is -2.32. The van der Waals surface area contributed by atoms with E-state index >= 15 is 0 Å². The summed E-state index contributed by atoms with van der Waals surface area (Å²) in [6, 6.07) is 2.56. The standard InChI is InChI=1S/C12H19ClN4/c1-9(2)17(7-5-6-14)8-11-12(13)10(3)15-16(11)4/h9H,5,7-8H2,1-4H3. The van der Waals surface area contributed by atoms with Crippen LogP contribution in [-0.4, -0.2) is 27.3 Å². The Labute approximate surface area is 108 Å². The minimum atomic E-state index is 0.384. The Hall–Kier alpha value is -1.05. The van der Waals surface area contributed by atoms with Crippen LogP contribution in [-0.2, 0) is 13.6 Å². The largest absolute Gasteiger partial charge is 0.294 e. The Kier molecular flexibility index (Phi) is 4.98. The molecule has 0 aliphatic heterocycles. The van der Waals surface area contributed by atoms with Crippen LogP contribution in [0.15, 0.2) is 0 Å². The fourth-order valence-electron chi connectivity index (χ4n) is 1.76. The van der Waals surface area contributed by atoms with Crippen LogP contribution in [0, 0.1) is 18.3 Å². The molecular formula is C12H19ClN4. The zero-order valence-electron chi connectivity index (χ0n) is 10.9. The number of rotatable bonds is 5. The molecule has 1 aromatic heterocycles. The third-order valence-electron chi connectivity index (χ3n) is 2.86. The molecule has 0 saturated heterocycles. The average molecular weight is 255 g/mol. The molecule has 0 atom stereocenters. The molecule has 0 bridgehead atoms. The summed E-state index contributed by atoms with van der Waals surface area (Å²) in [7, 11) is 1.90. The highest BCUT2D eigenvalue weighted by molar-refractivity contribution is 6.31. The van der Waals surface area contributed by atoms with Gasteiger partial charge in [0.1, 0.15) is 0 Å². The number of hydrogen-bond donors (Lipinski definition) is 0. The summed E-state index contributed by atoms with van der Waals surface area (Å²) < 4.78 is 1.82. The second-order valence-electron chi connectivity index (χ2n) is 4.44. The molecule has 0 aromatic carbocycles. The number of halogens is 1. The van der Waals surface area contributed by atoms with Gasteiger partial charge in [0.25, 0.3) is 0 Å². The van der Waals surface area contributed by atoms with Crippen molar-refractivity contribution in [2.24, 2.45) is 7.05 Å². The van der Waals surface area contributed by atoms with Gasteiger partial charge in [0.15, 0.2) is 0 Å². The van der Waals surface area contributed by atoms with Gasteiger partial charge in [0, 0.05) is 32.6 Å². The lowest BCUT2D eigenvalue weighted by atomic mass is 10.2. The Morgan fingerprint density at radius 2 is 2.18 bits per heavy atom. The number of aromatic nitrogens is 2. The van der Waals surface area contributed by atoms with Gasteiger partial charge in [-0.15, -0.1) is 0 Å². The Balaban J connectivity index is 2.82. The van der Waals surface area contributed by atoms with Crippen molar-refractivity contribution in [1.82, 2.24) is 14.7 Å². The van der Waals surface area contributed by atoms with Crippen molar-refractivity contribution in [1.29, 1.82) is 5.26 Å². The predicted molar refractivity (Wildman–Crippen MR) is 68.7 cm³/mol.